The van der Waals surface area contributed by atoms with E-state index in [4.69, 9.17) is 0 Å². The van der Waals surface area contributed by atoms with E-state index in [0.717, 1.165) is 11.3 Å². The number of benzene rings is 2. The number of imidazole rings is 1. The second kappa shape index (κ2) is 6.61. The molecule has 0 unspecified atom stereocenters. The lowest BCUT2D eigenvalue weighted by molar-refractivity contribution is -0.683. The first-order chi connectivity index (χ1) is 11.1. The summed E-state index contributed by atoms with van der Waals surface area (Å²) >= 11 is 0. The van der Waals surface area contributed by atoms with Crippen LogP contribution in [0.4, 0.5) is 0 Å². The summed E-state index contributed by atoms with van der Waals surface area (Å²) < 4.78 is 3.95. The average Bonchev–Trinajstić information content (AvgIpc) is 3.00. The highest BCUT2D eigenvalue weighted by molar-refractivity contribution is 5.80. The van der Waals surface area contributed by atoms with E-state index in [-0.39, 0.29) is 5.78 Å². The predicted molar refractivity (Wildman–Crippen MR) is 90.6 cm³/mol. The van der Waals surface area contributed by atoms with E-state index in [2.05, 4.69) is 26.0 Å². The monoisotopic (exact) mass is 305 g/mol. The molecule has 2 aromatic carbocycles. The number of hydrogen-bond donors (Lipinski definition) is 0. The molecular formula is C20H21N2O+. The summed E-state index contributed by atoms with van der Waals surface area (Å²) in [6.45, 7) is 4.52. The van der Waals surface area contributed by atoms with Crippen LogP contribution in [0.1, 0.15) is 16.7 Å². The minimum absolute atomic E-state index is 0.221. The molecule has 23 heavy (non-hydrogen) atoms. The van der Waals surface area contributed by atoms with Crippen LogP contribution in [0.2, 0.25) is 0 Å². The number of aryl methyl sites for hydroxylation is 2. The highest BCUT2D eigenvalue weighted by Crippen LogP contribution is 2.14. The Balaban J connectivity index is 1.70. The number of para-hydroxylation sites is 1. The Morgan fingerprint density at radius 3 is 2.39 bits per heavy atom. The highest BCUT2D eigenvalue weighted by atomic mass is 16.1. The van der Waals surface area contributed by atoms with Gasteiger partial charge in [0.15, 0.2) is 5.78 Å². The summed E-state index contributed by atoms with van der Waals surface area (Å²) in [5.41, 5.74) is 4.62. The maximum Gasteiger partial charge on any atom is 0.249 e. The van der Waals surface area contributed by atoms with Gasteiger partial charge in [-0.05, 0) is 42.7 Å². The zero-order chi connectivity index (χ0) is 16.2. The van der Waals surface area contributed by atoms with Crippen LogP contribution in [0.3, 0.4) is 0 Å². The van der Waals surface area contributed by atoms with Crippen LogP contribution in [0.5, 0.6) is 0 Å². The molecule has 0 fully saturated rings. The van der Waals surface area contributed by atoms with Crippen LogP contribution in [-0.4, -0.2) is 10.4 Å². The minimum Gasteiger partial charge on any atom is -0.295 e. The zero-order valence-electron chi connectivity index (χ0n) is 13.6. The van der Waals surface area contributed by atoms with Gasteiger partial charge in [0.05, 0.1) is 0 Å². The Morgan fingerprint density at radius 1 is 1.00 bits per heavy atom. The number of hydrogen-bond acceptors (Lipinski definition) is 1. The van der Waals surface area contributed by atoms with Crippen molar-refractivity contribution in [3.63, 3.8) is 0 Å². The Bertz CT molecular complexity index is 798. The summed E-state index contributed by atoms with van der Waals surface area (Å²) in [6, 6.07) is 16.3. The number of aromatic nitrogens is 2. The van der Waals surface area contributed by atoms with Crippen molar-refractivity contribution < 1.29 is 9.36 Å². The van der Waals surface area contributed by atoms with Crippen molar-refractivity contribution in [3.05, 3.63) is 83.9 Å². The zero-order valence-corrected chi connectivity index (χ0v) is 13.6. The first kappa shape index (κ1) is 15.2. The van der Waals surface area contributed by atoms with E-state index in [1.165, 1.54) is 11.1 Å². The predicted octanol–water partition coefficient (Wildman–Crippen LogP) is 3.19. The van der Waals surface area contributed by atoms with Crippen LogP contribution in [0.25, 0.3) is 5.69 Å². The lowest BCUT2D eigenvalue weighted by Gasteiger charge is -2.07. The van der Waals surface area contributed by atoms with Crippen LogP contribution < -0.4 is 4.57 Å². The number of Topliss-reactive ketones (excluding diaryl/α,β-unsaturated/α-hetero) is 1. The Morgan fingerprint density at radius 2 is 1.70 bits per heavy atom. The van der Waals surface area contributed by atoms with Gasteiger partial charge in [-0.15, -0.1) is 0 Å². The van der Waals surface area contributed by atoms with E-state index in [9.17, 15) is 4.79 Å². The molecule has 116 valence electrons. The largest absolute Gasteiger partial charge is 0.295 e. The molecule has 3 nitrogen and oxygen atoms in total. The van der Waals surface area contributed by atoms with Crippen LogP contribution in [0.15, 0.2) is 67.3 Å². The Labute approximate surface area is 136 Å². The second-order valence-corrected chi connectivity index (χ2v) is 5.91. The maximum absolute atomic E-state index is 12.4. The molecule has 0 aliphatic carbocycles. The third-order valence-electron chi connectivity index (χ3n) is 4.12. The molecule has 0 spiro atoms. The lowest BCUT2D eigenvalue weighted by Crippen LogP contribution is -2.36. The van der Waals surface area contributed by atoms with E-state index < -0.39 is 0 Å². The first-order valence-corrected chi connectivity index (χ1v) is 7.83. The molecule has 1 heterocycles. The molecule has 0 amide bonds. The molecule has 0 saturated heterocycles. The molecular weight excluding hydrogens is 284 g/mol. The highest BCUT2D eigenvalue weighted by Gasteiger charge is 2.13. The van der Waals surface area contributed by atoms with Crippen molar-refractivity contribution in [2.45, 2.75) is 26.8 Å². The van der Waals surface area contributed by atoms with Gasteiger partial charge in [0.2, 0.25) is 6.33 Å². The van der Waals surface area contributed by atoms with Crippen LogP contribution >= 0.6 is 0 Å². The van der Waals surface area contributed by atoms with E-state index in [1.54, 1.807) is 0 Å². The van der Waals surface area contributed by atoms with Gasteiger partial charge >= 0.3 is 0 Å². The molecule has 0 saturated carbocycles. The summed E-state index contributed by atoms with van der Waals surface area (Å²) in [4.78, 5) is 12.4. The summed E-state index contributed by atoms with van der Waals surface area (Å²) in [7, 11) is 0. The van der Waals surface area contributed by atoms with E-state index in [0.29, 0.717) is 13.0 Å². The molecule has 0 bridgehead atoms. The summed E-state index contributed by atoms with van der Waals surface area (Å²) in [5, 5.41) is 0. The number of rotatable bonds is 5. The third kappa shape index (κ3) is 3.57. The Kier molecular flexibility index (Phi) is 4.38. The SMILES string of the molecule is Cc1cccc(C)c1CC(=O)C[n+]1ccn(-c2ccccc2)c1. The van der Waals surface area contributed by atoms with Crippen molar-refractivity contribution in [1.82, 2.24) is 4.57 Å². The van der Waals surface area contributed by atoms with Crippen molar-refractivity contribution in [2.24, 2.45) is 0 Å². The van der Waals surface area contributed by atoms with Gasteiger partial charge in [0.1, 0.15) is 24.6 Å². The van der Waals surface area contributed by atoms with Gasteiger partial charge in [0.25, 0.3) is 0 Å². The molecule has 0 atom stereocenters. The maximum atomic E-state index is 12.4. The van der Waals surface area contributed by atoms with Crippen molar-refractivity contribution in [3.8, 4) is 5.69 Å². The fraction of sp³-hybridized carbons (Fsp3) is 0.200. The van der Waals surface area contributed by atoms with Crippen LogP contribution in [0, 0.1) is 13.8 Å². The van der Waals surface area contributed by atoms with Gasteiger partial charge in [-0.3, -0.25) is 4.79 Å². The van der Waals surface area contributed by atoms with Gasteiger partial charge < -0.3 is 0 Å². The Hall–Kier alpha value is -2.68. The number of carbonyl (C=O) groups excluding carboxylic acids is 1. The number of ketones is 1. The smallest absolute Gasteiger partial charge is 0.249 e. The fourth-order valence-corrected chi connectivity index (χ4v) is 2.83. The van der Waals surface area contributed by atoms with E-state index >= 15 is 0 Å². The molecule has 3 heteroatoms. The third-order valence-corrected chi connectivity index (χ3v) is 4.12. The molecule has 0 radical (unpaired) electrons. The topological polar surface area (TPSA) is 25.9 Å². The normalized spacial score (nSPS) is 10.7. The molecule has 0 aliphatic heterocycles. The first-order valence-electron chi connectivity index (χ1n) is 7.83. The number of carbonyl (C=O) groups is 1. The molecule has 3 rings (SSSR count). The van der Waals surface area contributed by atoms with Gasteiger partial charge in [0, 0.05) is 6.42 Å². The van der Waals surface area contributed by atoms with Crippen molar-refractivity contribution in [1.29, 1.82) is 0 Å². The van der Waals surface area contributed by atoms with Gasteiger partial charge in [-0.1, -0.05) is 36.4 Å². The number of nitrogens with zero attached hydrogens (tertiary/aromatic N) is 2. The van der Waals surface area contributed by atoms with Gasteiger partial charge in [-0.25, -0.2) is 9.13 Å². The molecule has 3 aromatic rings. The second-order valence-electron chi connectivity index (χ2n) is 5.91. The average molecular weight is 305 g/mol. The lowest BCUT2D eigenvalue weighted by atomic mass is 9.98. The standard InChI is InChI=1S/C20H21N2O/c1-16-7-6-8-17(2)20(16)13-19(23)14-21-11-12-22(15-21)18-9-4-3-5-10-18/h3-12,15H,13-14H2,1-2H3/q+1. The quantitative estimate of drug-likeness (QED) is 0.665. The van der Waals surface area contributed by atoms with Gasteiger partial charge in [-0.2, -0.15) is 0 Å². The fourth-order valence-electron chi connectivity index (χ4n) is 2.83. The van der Waals surface area contributed by atoms with E-state index in [1.807, 2.05) is 64.3 Å². The molecule has 0 N–H and O–H groups in total. The summed E-state index contributed by atoms with van der Waals surface area (Å²) in [6.07, 6.45) is 6.36. The summed E-state index contributed by atoms with van der Waals surface area (Å²) in [5.74, 6) is 0.221. The van der Waals surface area contributed by atoms with Crippen molar-refractivity contribution in [2.75, 3.05) is 0 Å². The molecule has 0 aliphatic rings. The molecule has 1 aromatic heterocycles. The van der Waals surface area contributed by atoms with Crippen molar-refractivity contribution >= 4 is 5.78 Å². The minimum atomic E-state index is 0.221. The van der Waals surface area contributed by atoms with Crippen LogP contribution in [-0.2, 0) is 17.8 Å².